The third-order valence-electron chi connectivity index (χ3n) is 3.77. The molecule has 0 aliphatic carbocycles. The minimum absolute atomic E-state index is 0.0678. The fourth-order valence-corrected chi connectivity index (χ4v) is 2.76. The monoisotopic (exact) mass is 280 g/mol. The van der Waals surface area contributed by atoms with E-state index in [0.717, 1.165) is 32.2 Å². The Bertz CT molecular complexity index is 485. The molecule has 0 spiro atoms. The maximum atomic E-state index is 13.2. The number of amides is 1. The summed E-state index contributed by atoms with van der Waals surface area (Å²) < 4.78 is 18.3. The third-order valence-corrected chi connectivity index (χ3v) is 3.77. The molecule has 1 aromatic rings. The summed E-state index contributed by atoms with van der Waals surface area (Å²) in [5.74, 6) is -0.119. The summed E-state index contributed by atoms with van der Waals surface area (Å²) in [4.78, 5) is 12.6. The summed E-state index contributed by atoms with van der Waals surface area (Å²) in [5, 5.41) is 6.18. The van der Waals surface area contributed by atoms with Crippen LogP contribution >= 0.6 is 0 Å². The van der Waals surface area contributed by atoms with Gasteiger partial charge in [0.2, 0.25) is 5.91 Å². The van der Waals surface area contributed by atoms with Crippen LogP contribution in [0.2, 0.25) is 0 Å². The van der Waals surface area contributed by atoms with E-state index in [2.05, 4.69) is 17.6 Å². The van der Waals surface area contributed by atoms with Crippen molar-refractivity contribution >= 4 is 11.6 Å². The number of nitrogens with one attached hydrogen (secondary N) is 2. The van der Waals surface area contributed by atoms with Gasteiger partial charge < -0.3 is 15.4 Å². The van der Waals surface area contributed by atoms with Gasteiger partial charge in [-0.3, -0.25) is 4.79 Å². The minimum atomic E-state index is -0.506. The quantitative estimate of drug-likeness (QED) is 0.872. The molecule has 1 atom stereocenters. The molecule has 4 nitrogen and oxygen atoms in total. The number of hydrogen-bond acceptors (Lipinski definition) is 3. The van der Waals surface area contributed by atoms with Crippen LogP contribution in [0.4, 0.5) is 10.1 Å². The molecule has 0 aromatic heterocycles. The molecule has 1 heterocycles. The highest BCUT2D eigenvalue weighted by Gasteiger charge is 2.40. The molecule has 0 radical (unpaired) electrons. The van der Waals surface area contributed by atoms with Gasteiger partial charge in [-0.25, -0.2) is 4.39 Å². The maximum absolute atomic E-state index is 13.2. The van der Waals surface area contributed by atoms with Gasteiger partial charge in [0.25, 0.3) is 0 Å². The SMILES string of the molecule is CCCC1(C(=O)Nc2ccc(F)cc2OC)CCCN1. The fraction of sp³-hybridized carbons (Fsp3) is 0.533. The van der Waals surface area contributed by atoms with Crippen molar-refractivity contribution < 1.29 is 13.9 Å². The predicted octanol–water partition coefficient (Wildman–Crippen LogP) is 2.70. The molecule has 2 N–H and O–H groups in total. The number of benzene rings is 1. The van der Waals surface area contributed by atoms with Crippen molar-refractivity contribution in [2.75, 3.05) is 19.0 Å². The van der Waals surface area contributed by atoms with E-state index in [9.17, 15) is 9.18 Å². The van der Waals surface area contributed by atoms with Crippen LogP contribution in [0.5, 0.6) is 5.75 Å². The predicted molar refractivity (Wildman–Crippen MR) is 76.5 cm³/mol. The van der Waals surface area contributed by atoms with Gasteiger partial charge in [-0.2, -0.15) is 0 Å². The standard InChI is InChI=1S/C15H21FN2O2/c1-3-7-15(8-4-9-17-15)14(19)18-12-6-5-11(16)10-13(12)20-2/h5-6,10,17H,3-4,7-9H2,1-2H3,(H,18,19). The second-order valence-corrected chi connectivity index (χ2v) is 5.16. The molecule has 1 aromatic carbocycles. The highest BCUT2D eigenvalue weighted by molar-refractivity contribution is 5.99. The number of carbonyl (C=O) groups is 1. The first kappa shape index (κ1) is 14.8. The number of ether oxygens (including phenoxy) is 1. The zero-order valence-electron chi connectivity index (χ0n) is 12.0. The lowest BCUT2D eigenvalue weighted by molar-refractivity contribution is -0.122. The number of rotatable bonds is 5. The Morgan fingerprint density at radius 2 is 2.35 bits per heavy atom. The Kier molecular flexibility index (Phi) is 4.60. The number of methoxy groups -OCH3 is 1. The number of hydrogen-bond donors (Lipinski definition) is 2. The van der Waals surface area contributed by atoms with E-state index in [-0.39, 0.29) is 11.7 Å². The lowest BCUT2D eigenvalue weighted by Crippen LogP contribution is -2.50. The highest BCUT2D eigenvalue weighted by atomic mass is 19.1. The largest absolute Gasteiger partial charge is 0.494 e. The van der Waals surface area contributed by atoms with Crippen molar-refractivity contribution in [3.8, 4) is 5.75 Å². The van der Waals surface area contributed by atoms with E-state index in [0.29, 0.717) is 11.4 Å². The van der Waals surface area contributed by atoms with Crippen LogP contribution in [0.15, 0.2) is 18.2 Å². The van der Waals surface area contributed by atoms with Crippen LogP contribution in [0.1, 0.15) is 32.6 Å². The lowest BCUT2D eigenvalue weighted by atomic mass is 9.90. The average Bonchev–Trinajstić information content (AvgIpc) is 2.91. The molecule has 0 bridgehead atoms. The topological polar surface area (TPSA) is 50.4 Å². The lowest BCUT2D eigenvalue weighted by Gasteiger charge is -2.28. The molecule has 1 aliphatic heterocycles. The van der Waals surface area contributed by atoms with Gasteiger partial charge in [-0.1, -0.05) is 13.3 Å². The molecular formula is C15H21FN2O2. The van der Waals surface area contributed by atoms with Crippen LogP contribution in [0.3, 0.4) is 0 Å². The van der Waals surface area contributed by atoms with Gasteiger partial charge in [-0.15, -0.1) is 0 Å². The van der Waals surface area contributed by atoms with Crippen molar-refractivity contribution in [2.45, 2.75) is 38.1 Å². The van der Waals surface area contributed by atoms with Gasteiger partial charge in [-0.05, 0) is 37.9 Å². The molecular weight excluding hydrogens is 259 g/mol. The molecule has 1 fully saturated rings. The zero-order chi connectivity index (χ0) is 14.6. The third kappa shape index (κ3) is 2.93. The Balaban J connectivity index is 2.18. The van der Waals surface area contributed by atoms with E-state index >= 15 is 0 Å². The summed E-state index contributed by atoms with van der Waals surface area (Å²) in [5.41, 5.74) is -0.00296. The Hall–Kier alpha value is -1.62. The number of carbonyl (C=O) groups excluding carboxylic acids is 1. The molecule has 110 valence electrons. The van der Waals surface area contributed by atoms with Gasteiger partial charge in [0.05, 0.1) is 18.3 Å². The summed E-state index contributed by atoms with van der Waals surface area (Å²) in [7, 11) is 1.46. The molecule has 1 saturated heterocycles. The number of anilines is 1. The van der Waals surface area contributed by atoms with Crippen molar-refractivity contribution in [2.24, 2.45) is 0 Å². The summed E-state index contributed by atoms with van der Waals surface area (Å²) in [6.07, 6.45) is 3.55. The Morgan fingerprint density at radius 1 is 1.55 bits per heavy atom. The molecule has 2 rings (SSSR count). The van der Waals surface area contributed by atoms with Crippen LogP contribution in [0, 0.1) is 5.82 Å². The van der Waals surface area contributed by atoms with E-state index in [4.69, 9.17) is 4.74 Å². The van der Waals surface area contributed by atoms with Crippen LogP contribution in [-0.2, 0) is 4.79 Å². The van der Waals surface area contributed by atoms with Gasteiger partial charge in [0.15, 0.2) is 0 Å². The van der Waals surface area contributed by atoms with Gasteiger partial charge in [0.1, 0.15) is 11.6 Å². The van der Waals surface area contributed by atoms with Crippen molar-refractivity contribution in [3.05, 3.63) is 24.0 Å². The maximum Gasteiger partial charge on any atom is 0.244 e. The molecule has 1 amide bonds. The van der Waals surface area contributed by atoms with Crippen LogP contribution in [0.25, 0.3) is 0 Å². The highest BCUT2D eigenvalue weighted by Crippen LogP contribution is 2.30. The fourth-order valence-electron chi connectivity index (χ4n) is 2.76. The summed E-state index contributed by atoms with van der Waals surface area (Å²) in [6, 6.07) is 4.11. The van der Waals surface area contributed by atoms with Crippen molar-refractivity contribution in [1.29, 1.82) is 0 Å². The Morgan fingerprint density at radius 3 is 2.95 bits per heavy atom. The molecule has 1 aliphatic rings. The normalized spacial score (nSPS) is 21.8. The number of halogens is 1. The van der Waals surface area contributed by atoms with E-state index < -0.39 is 5.54 Å². The summed E-state index contributed by atoms with van der Waals surface area (Å²) >= 11 is 0. The molecule has 1 unspecified atom stereocenters. The molecule has 0 saturated carbocycles. The van der Waals surface area contributed by atoms with Crippen molar-refractivity contribution in [1.82, 2.24) is 5.32 Å². The second-order valence-electron chi connectivity index (χ2n) is 5.16. The van der Waals surface area contributed by atoms with E-state index in [1.165, 1.54) is 25.3 Å². The summed E-state index contributed by atoms with van der Waals surface area (Å²) in [6.45, 7) is 2.92. The van der Waals surface area contributed by atoms with Gasteiger partial charge >= 0.3 is 0 Å². The minimum Gasteiger partial charge on any atom is -0.494 e. The van der Waals surface area contributed by atoms with E-state index in [1.807, 2.05) is 0 Å². The van der Waals surface area contributed by atoms with Crippen molar-refractivity contribution in [3.63, 3.8) is 0 Å². The smallest absolute Gasteiger partial charge is 0.244 e. The Labute approximate surface area is 118 Å². The first-order valence-corrected chi connectivity index (χ1v) is 7.01. The molecule has 5 heteroatoms. The van der Waals surface area contributed by atoms with Crippen LogP contribution in [-0.4, -0.2) is 25.1 Å². The molecule has 20 heavy (non-hydrogen) atoms. The second kappa shape index (κ2) is 6.22. The average molecular weight is 280 g/mol. The first-order valence-electron chi connectivity index (χ1n) is 7.01. The zero-order valence-corrected chi connectivity index (χ0v) is 12.0. The first-order chi connectivity index (χ1) is 9.61. The van der Waals surface area contributed by atoms with Gasteiger partial charge in [0, 0.05) is 6.07 Å². The van der Waals surface area contributed by atoms with Crippen LogP contribution < -0.4 is 15.4 Å². The van der Waals surface area contributed by atoms with E-state index in [1.54, 1.807) is 0 Å².